The zero-order valence-electron chi connectivity index (χ0n) is 8.95. The molecule has 0 aromatic heterocycles. The predicted molar refractivity (Wildman–Crippen MR) is 61.7 cm³/mol. The van der Waals surface area contributed by atoms with Gasteiger partial charge < -0.3 is 9.47 Å². The molecule has 0 aliphatic heterocycles. The molecule has 0 fully saturated rings. The maximum absolute atomic E-state index is 11.7. The van der Waals surface area contributed by atoms with Crippen molar-refractivity contribution in [2.75, 3.05) is 13.7 Å². The van der Waals surface area contributed by atoms with Crippen LogP contribution in [0, 0.1) is 0 Å². The Hall–Kier alpha value is -1.36. The SMILES string of the molecule is CCOC(=O)C(=O)c1cccc(Br)c1OC. The van der Waals surface area contributed by atoms with Crippen LogP contribution < -0.4 is 4.74 Å². The molecule has 86 valence electrons. The van der Waals surface area contributed by atoms with Crippen LogP contribution in [0.25, 0.3) is 0 Å². The van der Waals surface area contributed by atoms with Crippen LogP contribution in [0.15, 0.2) is 22.7 Å². The lowest BCUT2D eigenvalue weighted by atomic mass is 10.1. The first kappa shape index (κ1) is 12.7. The monoisotopic (exact) mass is 286 g/mol. The molecule has 0 heterocycles. The summed E-state index contributed by atoms with van der Waals surface area (Å²) in [4.78, 5) is 23.0. The standard InChI is InChI=1S/C11H11BrO4/c1-3-16-11(14)9(13)7-5-4-6-8(12)10(7)15-2/h4-6H,3H2,1-2H3. The van der Waals surface area contributed by atoms with Gasteiger partial charge in [-0.15, -0.1) is 0 Å². The van der Waals surface area contributed by atoms with Gasteiger partial charge in [-0.2, -0.15) is 0 Å². The van der Waals surface area contributed by atoms with Gasteiger partial charge in [0, 0.05) is 0 Å². The van der Waals surface area contributed by atoms with Crippen LogP contribution in [0.2, 0.25) is 0 Å². The van der Waals surface area contributed by atoms with E-state index in [1.54, 1.807) is 19.1 Å². The third-order valence-corrected chi connectivity index (χ3v) is 2.50. The van der Waals surface area contributed by atoms with Crippen molar-refractivity contribution in [3.05, 3.63) is 28.2 Å². The van der Waals surface area contributed by atoms with Crippen LogP contribution in [0.1, 0.15) is 17.3 Å². The fraction of sp³-hybridized carbons (Fsp3) is 0.273. The molecule has 0 amide bonds. The summed E-state index contributed by atoms with van der Waals surface area (Å²) in [5, 5.41) is 0. The molecule has 0 bridgehead atoms. The summed E-state index contributed by atoms with van der Waals surface area (Å²) in [7, 11) is 1.43. The molecule has 1 rings (SSSR count). The summed E-state index contributed by atoms with van der Waals surface area (Å²) >= 11 is 3.23. The molecule has 1 aromatic carbocycles. The highest BCUT2D eigenvalue weighted by molar-refractivity contribution is 9.10. The first-order chi connectivity index (χ1) is 7.61. The van der Waals surface area contributed by atoms with E-state index >= 15 is 0 Å². The number of carbonyl (C=O) groups is 2. The number of ketones is 1. The number of halogens is 1. The molecular formula is C11H11BrO4. The largest absolute Gasteiger partial charge is 0.495 e. The number of methoxy groups -OCH3 is 1. The minimum Gasteiger partial charge on any atom is -0.495 e. The van der Waals surface area contributed by atoms with Crippen LogP contribution in [0.5, 0.6) is 5.75 Å². The molecular weight excluding hydrogens is 276 g/mol. The molecule has 0 saturated heterocycles. The average molecular weight is 287 g/mol. The van der Waals surface area contributed by atoms with E-state index in [1.165, 1.54) is 13.2 Å². The fourth-order valence-electron chi connectivity index (χ4n) is 1.20. The number of benzene rings is 1. The van der Waals surface area contributed by atoms with Crippen molar-refractivity contribution >= 4 is 27.7 Å². The molecule has 0 saturated carbocycles. The number of ether oxygens (including phenoxy) is 2. The Morgan fingerprint density at radius 2 is 2.06 bits per heavy atom. The first-order valence-corrected chi connectivity index (χ1v) is 5.45. The van der Waals surface area contributed by atoms with Gasteiger partial charge in [-0.05, 0) is 35.0 Å². The fourth-order valence-corrected chi connectivity index (χ4v) is 1.73. The summed E-state index contributed by atoms with van der Waals surface area (Å²) in [5.41, 5.74) is 0.190. The Morgan fingerprint density at radius 1 is 1.38 bits per heavy atom. The van der Waals surface area contributed by atoms with E-state index in [-0.39, 0.29) is 12.2 Å². The van der Waals surface area contributed by atoms with Gasteiger partial charge in [0.25, 0.3) is 5.78 Å². The molecule has 0 aliphatic rings. The molecule has 0 atom stereocenters. The Labute approximate surface area is 102 Å². The van der Waals surface area contributed by atoms with E-state index in [4.69, 9.17) is 4.74 Å². The highest BCUT2D eigenvalue weighted by atomic mass is 79.9. The number of esters is 1. The third kappa shape index (κ3) is 2.61. The molecule has 0 unspecified atom stereocenters. The number of hydrogen-bond acceptors (Lipinski definition) is 4. The Morgan fingerprint density at radius 3 is 2.62 bits per heavy atom. The van der Waals surface area contributed by atoms with Crippen molar-refractivity contribution in [1.29, 1.82) is 0 Å². The third-order valence-electron chi connectivity index (χ3n) is 1.88. The number of rotatable bonds is 4. The van der Waals surface area contributed by atoms with Crippen molar-refractivity contribution in [3.63, 3.8) is 0 Å². The second kappa shape index (κ2) is 5.65. The number of hydrogen-bond donors (Lipinski definition) is 0. The zero-order chi connectivity index (χ0) is 12.1. The average Bonchev–Trinajstić information content (AvgIpc) is 2.28. The van der Waals surface area contributed by atoms with Crippen LogP contribution in [0.4, 0.5) is 0 Å². The Kier molecular flexibility index (Phi) is 4.49. The summed E-state index contributed by atoms with van der Waals surface area (Å²) < 4.78 is 10.3. The molecule has 1 aromatic rings. The van der Waals surface area contributed by atoms with E-state index < -0.39 is 11.8 Å². The second-order valence-corrected chi connectivity index (χ2v) is 3.72. The van der Waals surface area contributed by atoms with E-state index in [9.17, 15) is 9.59 Å². The number of carbonyl (C=O) groups excluding carboxylic acids is 2. The van der Waals surface area contributed by atoms with Gasteiger partial charge in [0.05, 0.1) is 23.8 Å². The zero-order valence-corrected chi connectivity index (χ0v) is 10.5. The van der Waals surface area contributed by atoms with Gasteiger partial charge in [0.15, 0.2) is 0 Å². The van der Waals surface area contributed by atoms with Crippen molar-refractivity contribution in [2.45, 2.75) is 6.92 Å². The van der Waals surface area contributed by atoms with E-state index in [2.05, 4.69) is 20.7 Å². The first-order valence-electron chi connectivity index (χ1n) is 4.65. The Bertz CT molecular complexity index is 414. The lowest BCUT2D eigenvalue weighted by Gasteiger charge is -2.08. The highest BCUT2D eigenvalue weighted by Crippen LogP contribution is 2.29. The van der Waals surface area contributed by atoms with Gasteiger partial charge in [-0.25, -0.2) is 4.79 Å². The summed E-state index contributed by atoms with van der Waals surface area (Å²) in [6.45, 7) is 1.81. The minimum absolute atomic E-state index is 0.168. The normalized spacial score (nSPS) is 9.69. The second-order valence-electron chi connectivity index (χ2n) is 2.87. The van der Waals surface area contributed by atoms with Gasteiger partial charge in [-0.3, -0.25) is 4.79 Å². The van der Waals surface area contributed by atoms with Crippen molar-refractivity contribution in [2.24, 2.45) is 0 Å². The molecule has 0 aliphatic carbocycles. The summed E-state index contributed by atoms with van der Waals surface area (Å²) in [5.74, 6) is -1.25. The van der Waals surface area contributed by atoms with E-state index in [1.807, 2.05) is 0 Å². The Balaban J connectivity index is 3.08. The summed E-state index contributed by atoms with van der Waals surface area (Å²) in [6.07, 6.45) is 0. The van der Waals surface area contributed by atoms with Crippen molar-refractivity contribution in [1.82, 2.24) is 0 Å². The lowest BCUT2D eigenvalue weighted by molar-refractivity contribution is -0.137. The van der Waals surface area contributed by atoms with Crippen molar-refractivity contribution < 1.29 is 19.1 Å². The number of para-hydroxylation sites is 1. The lowest BCUT2D eigenvalue weighted by Crippen LogP contribution is -2.18. The number of Topliss-reactive ketones (excluding diaryl/α,β-unsaturated/α-hetero) is 1. The van der Waals surface area contributed by atoms with Crippen LogP contribution in [-0.2, 0) is 9.53 Å². The maximum Gasteiger partial charge on any atom is 0.379 e. The topological polar surface area (TPSA) is 52.6 Å². The molecule has 0 spiro atoms. The van der Waals surface area contributed by atoms with Gasteiger partial charge in [0.1, 0.15) is 5.75 Å². The minimum atomic E-state index is -0.876. The quantitative estimate of drug-likeness (QED) is 0.484. The molecule has 16 heavy (non-hydrogen) atoms. The maximum atomic E-state index is 11.7. The molecule has 0 N–H and O–H groups in total. The predicted octanol–water partition coefficient (Wildman–Crippen LogP) is 2.20. The van der Waals surface area contributed by atoms with Crippen LogP contribution in [0.3, 0.4) is 0 Å². The van der Waals surface area contributed by atoms with Gasteiger partial charge >= 0.3 is 5.97 Å². The van der Waals surface area contributed by atoms with E-state index in [0.29, 0.717) is 10.2 Å². The smallest absolute Gasteiger partial charge is 0.379 e. The van der Waals surface area contributed by atoms with Crippen LogP contribution in [-0.4, -0.2) is 25.5 Å². The highest BCUT2D eigenvalue weighted by Gasteiger charge is 2.22. The van der Waals surface area contributed by atoms with Crippen molar-refractivity contribution in [3.8, 4) is 5.75 Å². The van der Waals surface area contributed by atoms with Gasteiger partial charge in [-0.1, -0.05) is 6.07 Å². The molecule has 0 radical (unpaired) electrons. The molecule has 4 nitrogen and oxygen atoms in total. The van der Waals surface area contributed by atoms with Crippen LogP contribution >= 0.6 is 15.9 Å². The van der Waals surface area contributed by atoms with E-state index in [0.717, 1.165) is 0 Å². The molecule has 5 heteroatoms. The summed E-state index contributed by atoms with van der Waals surface area (Å²) in [6, 6.07) is 4.89. The van der Waals surface area contributed by atoms with Gasteiger partial charge in [0.2, 0.25) is 0 Å².